The first-order valence-electron chi connectivity index (χ1n) is 6.30. The van der Waals surface area contributed by atoms with Gasteiger partial charge < -0.3 is 15.1 Å². The van der Waals surface area contributed by atoms with Gasteiger partial charge in [-0.05, 0) is 18.4 Å². The van der Waals surface area contributed by atoms with Crippen molar-refractivity contribution in [3.05, 3.63) is 29.8 Å². The van der Waals surface area contributed by atoms with Crippen LogP contribution >= 0.6 is 0 Å². The average molecular weight is 249 g/mol. The maximum Gasteiger partial charge on any atom is 0.227 e. The van der Waals surface area contributed by atoms with E-state index in [0.29, 0.717) is 18.7 Å². The molecule has 2 N–H and O–H groups in total. The van der Waals surface area contributed by atoms with E-state index in [1.807, 2.05) is 6.92 Å². The number of phenolic OH excluding ortho intramolecular Hbond substituents is 1. The molecule has 2 atom stereocenters. The molecule has 1 aromatic rings. The van der Waals surface area contributed by atoms with Crippen molar-refractivity contribution in [2.75, 3.05) is 13.1 Å². The molecule has 1 aromatic carbocycles. The molecule has 1 fully saturated rings. The number of amides is 1. The van der Waals surface area contributed by atoms with E-state index in [0.717, 1.165) is 6.42 Å². The SMILES string of the molecule is CC1CCN(C(=O)Cc2ccccc2O)CC1O. The van der Waals surface area contributed by atoms with Gasteiger partial charge in [-0.3, -0.25) is 4.79 Å². The van der Waals surface area contributed by atoms with Gasteiger partial charge in [-0.25, -0.2) is 0 Å². The lowest BCUT2D eigenvalue weighted by Crippen LogP contribution is -2.46. The lowest BCUT2D eigenvalue weighted by atomic mass is 9.95. The quantitative estimate of drug-likeness (QED) is 0.827. The summed E-state index contributed by atoms with van der Waals surface area (Å²) in [6.45, 7) is 3.08. The van der Waals surface area contributed by atoms with Gasteiger partial charge in [0.25, 0.3) is 0 Å². The molecule has 0 aliphatic carbocycles. The van der Waals surface area contributed by atoms with Gasteiger partial charge in [-0.1, -0.05) is 25.1 Å². The molecule has 18 heavy (non-hydrogen) atoms. The first kappa shape index (κ1) is 12.9. The summed E-state index contributed by atoms with van der Waals surface area (Å²) < 4.78 is 0. The van der Waals surface area contributed by atoms with Gasteiger partial charge >= 0.3 is 0 Å². The van der Waals surface area contributed by atoms with Gasteiger partial charge in [0.2, 0.25) is 5.91 Å². The molecule has 1 amide bonds. The van der Waals surface area contributed by atoms with Crippen LogP contribution in [0.5, 0.6) is 5.75 Å². The first-order chi connectivity index (χ1) is 8.58. The van der Waals surface area contributed by atoms with Gasteiger partial charge in [0.05, 0.1) is 12.5 Å². The van der Waals surface area contributed by atoms with Crippen LogP contribution in [0.4, 0.5) is 0 Å². The van der Waals surface area contributed by atoms with Crippen molar-refractivity contribution in [2.24, 2.45) is 5.92 Å². The highest BCUT2D eigenvalue weighted by atomic mass is 16.3. The normalized spacial score (nSPS) is 24.0. The van der Waals surface area contributed by atoms with Gasteiger partial charge in [-0.2, -0.15) is 0 Å². The van der Waals surface area contributed by atoms with Crippen LogP contribution in [0.3, 0.4) is 0 Å². The van der Waals surface area contributed by atoms with Gasteiger partial charge in [0, 0.05) is 18.7 Å². The number of para-hydroxylation sites is 1. The van der Waals surface area contributed by atoms with Crippen molar-refractivity contribution in [3.63, 3.8) is 0 Å². The van der Waals surface area contributed by atoms with Crippen LogP contribution in [0.25, 0.3) is 0 Å². The van der Waals surface area contributed by atoms with Gasteiger partial charge in [0.15, 0.2) is 0 Å². The molecule has 4 nitrogen and oxygen atoms in total. The number of β-amino-alcohol motifs (C(OH)–C–C–N with tert-alkyl or cyclic N) is 1. The molecule has 2 rings (SSSR count). The van der Waals surface area contributed by atoms with E-state index < -0.39 is 6.10 Å². The fourth-order valence-electron chi connectivity index (χ4n) is 2.21. The predicted octanol–water partition coefficient (Wildman–Crippen LogP) is 1.16. The highest BCUT2D eigenvalue weighted by Crippen LogP contribution is 2.20. The molecule has 1 aliphatic heterocycles. The second kappa shape index (κ2) is 5.40. The second-order valence-corrected chi connectivity index (χ2v) is 4.98. The average Bonchev–Trinajstić information content (AvgIpc) is 2.35. The molecule has 4 heteroatoms. The number of phenols is 1. The van der Waals surface area contributed by atoms with Crippen molar-refractivity contribution >= 4 is 5.91 Å². The third kappa shape index (κ3) is 2.82. The van der Waals surface area contributed by atoms with Crippen LogP contribution in [0.2, 0.25) is 0 Å². The van der Waals surface area contributed by atoms with E-state index in [9.17, 15) is 15.0 Å². The van der Waals surface area contributed by atoms with E-state index >= 15 is 0 Å². The van der Waals surface area contributed by atoms with E-state index in [2.05, 4.69) is 0 Å². The number of benzene rings is 1. The third-order valence-electron chi connectivity index (χ3n) is 3.60. The van der Waals surface area contributed by atoms with E-state index in [-0.39, 0.29) is 24.0 Å². The summed E-state index contributed by atoms with van der Waals surface area (Å²) in [7, 11) is 0. The topological polar surface area (TPSA) is 60.8 Å². The molecule has 0 spiro atoms. The lowest BCUT2D eigenvalue weighted by molar-refractivity contribution is -0.134. The summed E-state index contributed by atoms with van der Waals surface area (Å²) in [6, 6.07) is 6.86. The Bertz CT molecular complexity index is 433. The minimum absolute atomic E-state index is 0.0394. The zero-order chi connectivity index (χ0) is 13.1. The van der Waals surface area contributed by atoms with Crippen LogP contribution in [-0.2, 0) is 11.2 Å². The maximum absolute atomic E-state index is 12.1. The van der Waals surface area contributed by atoms with Gasteiger partial charge in [-0.15, -0.1) is 0 Å². The molecule has 1 saturated heterocycles. The predicted molar refractivity (Wildman–Crippen MR) is 68.2 cm³/mol. The summed E-state index contributed by atoms with van der Waals surface area (Å²) in [4.78, 5) is 13.8. The first-order valence-corrected chi connectivity index (χ1v) is 6.30. The largest absolute Gasteiger partial charge is 0.508 e. The number of aliphatic hydroxyl groups excluding tert-OH is 1. The molecular weight excluding hydrogens is 230 g/mol. The fourth-order valence-corrected chi connectivity index (χ4v) is 2.21. The number of hydrogen-bond donors (Lipinski definition) is 2. The van der Waals surface area contributed by atoms with E-state index in [1.165, 1.54) is 0 Å². The molecule has 0 aromatic heterocycles. The number of rotatable bonds is 2. The van der Waals surface area contributed by atoms with E-state index in [4.69, 9.17) is 0 Å². The number of hydrogen-bond acceptors (Lipinski definition) is 3. The molecule has 1 aliphatic rings. The van der Waals surface area contributed by atoms with Crippen molar-refractivity contribution in [2.45, 2.75) is 25.9 Å². The van der Waals surface area contributed by atoms with Crippen molar-refractivity contribution in [3.8, 4) is 5.75 Å². The summed E-state index contributed by atoms with van der Waals surface area (Å²) in [6.07, 6.45) is 0.577. The molecule has 1 heterocycles. The van der Waals surface area contributed by atoms with Gasteiger partial charge in [0.1, 0.15) is 5.75 Å². The van der Waals surface area contributed by atoms with Crippen molar-refractivity contribution in [1.82, 2.24) is 4.90 Å². The Morgan fingerprint density at radius 3 is 2.83 bits per heavy atom. The summed E-state index contributed by atoms with van der Waals surface area (Å²) in [5, 5.41) is 19.4. The Kier molecular flexibility index (Phi) is 3.87. The number of carbonyl (C=O) groups is 1. The fraction of sp³-hybridized carbons (Fsp3) is 0.500. The molecule has 98 valence electrons. The standard InChI is InChI=1S/C14H19NO3/c1-10-6-7-15(9-13(10)17)14(18)8-11-4-2-3-5-12(11)16/h2-5,10,13,16-17H,6-9H2,1H3. The number of nitrogens with zero attached hydrogens (tertiary/aromatic N) is 1. The molecule has 0 radical (unpaired) electrons. The Labute approximate surface area is 107 Å². The number of carbonyl (C=O) groups excluding carboxylic acids is 1. The second-order valence-electron chi connectivity index (χ2n) is 4.98. The molecule has 0 bridgehead atoms. The molecule has 2 unspecified atom stereocenters. The maximum atomic E-state index is 12.1. The molecular formula is C14H19NO3. The minimum atomic E-state index is -0.438. The minimum Gasteiger partial charge on any atom is -0.508 e. The highest BCUT2D eigenvalue weighted by Gasteiger charge is 2.27. The van der Waals surface area contributed by atoms with E-state index in [1.54, 1.807) is 29.2 Å². The Morgan fingerprint density at radius 1 is 1.44 bits per heavy atom. The summed E-state index contributed by atoms with van der Waals surface area (Å²) in [5.41, 5.74) is 0.635. The number of piperidine rings is 1. The number of aliphatic hydroxyl groups is 1. The monoisotopic (exact) mass is 249 g/mol. The number of likely N-dealkylation sites (tertiary alicyclic amines) is 1. The van der Waals surface area contributed by atoms with Crippen LogP contribution in [0.15, 0.2) is 24.3 Å². The third-order valence-corrected chi connectivity index (χ3v) is 3.60. The Morgan fingerprint density at radius 2 is 2.17 bits per heavy atom. The van der Waals surface area contributed by atoms with Crippen LogP contribution in [0, 0.1) is 5.92 Å². The van der Waals surface area contributed by atoms with Crippen LogP contribution in [-0.4, -0.2) is 40.2 Å². The Hall–Kier alpha value is -1.55. The Balaban J connectivity index is 1.99. The summed E-state index contributed by atoms with van der Waals surface area (Å²) in [5.74, 6) is 0.360. The van der Waals surface area contributed by atoms with Crippen molar-refractivity contribution in [1.29, 1.82) is 0 Å². The number of aromatic hydroxyl groups is 1. The van der Waals surface area contributed by atoms with Crippen LogP contribution in [0.1, 0.15) is 18.9 Å². The zero-order valence-corrected chi connectivity index (χ0v) is 10.5. The highest BCUT2D eigenvalue weighted by molar-refractivity contribution is 5.79. The van der Waals surface area contributed by atoms with Crippen molar-refractivity contribution < 1.29 is 15.0 Å². The molecule has 0 saturated carbocycles. The lowest BCUT2D eigenvalue weighted by Gasteiger charge is -2.34. The summed E-state index contributed by atoms with van der Waals surface area (Å²) >= 11 is 0. The zero-order valence-electron chi connectivity index (χ0n) is 10.5. The van der Waals surface area contributed by atoms with Crippen LogP contribution < -0.4 is 0 Å². The smallest absolute Gasteiger partial charge is 0.227 e.